The smallest absolute Gasteiger partial charge is 0.273 e. The fraction of sp³-hybridized carbons (Fsp3) is 0.391. The third kappa shape index (κ3) is 3.47. The number of carbonyl (C=O) groups is 1. The predicted molar refractivity (Wildman–Crippen MR) is 117 cm³/mol. The normalized spacial score (nSPS) is 20.1. The van der Waals surface area contributed by atoms with E-state index < -0.39 is 0 Å². The van der Waals surface area contributed by atoms with Crippen molar-refractivity contribution in [2.24, 2.45) is 5.92 Å². The summed E-state index contributed by atoms with van der Waals surface area (Å²) in [6.07, 6.45) is 6.47. The number of carbonyl (C=O) groups excluding carboxylic acids is 1. The summed E-state index contributed by atoms with van der Waals surface area (Å²) in [5.74, 6) is 0.484. The highest BCUT2D eigenvalue weighted by molar-refractivity contribution is 7.09. The lowest BCUT2D eigenvalue weighted by atomic mass is 9.82. The topological polar surface area (TPSA) is 68.1 Å². The predicted octanol–water partition coefficient (Wildman–Crippen LogP) is 3.58. The van der Waals surface area contributed by atoms with Crippen molar-refractivity contribution in [1.29, 1.82) is 0 Å². The minimum absolute atomic E-state index is 0.0162. The monoisotopic (exact) mass is 420 g/mol. The Labute approximate surface area is 179 Å². The fourth-order valence-electron chi connectivity index (χ4n) is 4.72. The molecule has 0 aliphatic carbocycles. The number of hydrogen-bond donors (Lipinski definition) is 0. The van der Waals surface area contributed by atoms with Crippen LogP contribution in [0.5, 0.6) is 0 Å². The number of piperidine rings is 1. The van der Waals surface area contributed by atoms with Crippen LogP contribution in [0.3, 0.4) is 0 Å². The molecule has 7 heteroatoms. The van der Waals surface area contributed by atoms with Crippen molar-refractivity contribution in [2.75, 3.05) is 13.1 Å². The molecular formula is C23H24N4O2S. The molecule has 0 aromatic carbocycles. The van der Waals surface area contributed by atoms with Gasteiger partial charge in [-0.1, -0.05) is 13.0 Å². The van der Waals surface area contributed by atoms with E-state index in [1.165, 1.54) is 0 Å². The van der Waals surface area contributed by atoms with Gasteiger partial charge in [0, 0.05) is 60.6 Å². The van der Waals surface area contributed by atoms with Gasteiger partial charge in [0.2, 0.25) is 0 Å². The Morgan fingerprint density at radius 2 is 2.13 bits per heavy atom. The summed E-state index contributed by atoms with van der Waals surface area (Å²) in [4.78, 5) is 36.6. The standard InChI is InChI=1S/C23H24N4O2S/c1-2-4-21-25-19(14-30-21)23(29)26-11-15-7-18(13-26)20-8-17(9-22(28)27(20)12-15)16-5-3-6-24-10-16/h3,5-6,8-10,14-15,18H,2,4,7,11-13H2,1H3/t15-,18+/m0/s1. The van der Waals surface area contributed by atoms with Gasteiger partial charge in [-0.25, -0.2) is 4.98 Å². The molecule has 1 amide bonds. The number of fused-ring (bicyclic) bond motifs is 4. The highest BCUT2D eigenvalue weighted by atomic mass is 32.1. The third-order valence-electron chi connectivity index (χ3n) is 6.07. The molecule has 5 heterocycles. The van der Waals surface area contributed by atoms with Crippen molar-refractivity contribution >= 4 is 17.2 Å². The largest absolute Gasteiger partial charge is 0.336 e. The van der Waals surface area contributed by atoms with Gasteiger partial charge in [-0.15, -0.1) is 11.3 Å². The molecule has 0 spiro atoms. The Kier molecular flexibility index (Phi) is 4.98. The molecule has 2 atom stereocenters. The van der Waals surface area contributed by atoms with Crippen molar-refractivity contribution in [2.45, 2.75) is 38.6 Å². The Bertz CT molecular complexity index is 1140. The van der Waals surface area contributed by atoms with Crippen molar-refractivity contribution in [3.05, 3.63) is 68.8 Å². The average Bonchev–Trinajstić information content (AvgIpc) is 3.23. The Hall–Kier alpha value is -2.80. The summed E-state index contributed by atoms with van der Waals surface area (Å²) in [7, 11) is 0. The first-order chi connectivity index (χ1) is 14.6. The SMILES string of the molecule is CCCc1nc(C(=O)N2C[C@@H]3C[C@H](C2)c2cc(-c4cccnc4)cc(=O)n2C3)cs1. The van der Waals surface area contributed by atoms with Gasteiger partial charge in [0.05, 0.1) is 5.01 Å². The number of rotatable bonds is 4. The van der Waals surface area contributed by atoms with E-state index in [4.69, 9.17) is 0 Å². The van der Waals surface area contributed by atoms with Crippen LogP contribution in [0.2, 0.25) is 0 Å². The molecule has 0 saturated carbocycles. The lowest BCUT2D eigenvalue weighted by Gasteiger charge is -2.42. The second-order valence-corrected chi connectivity index (χ2v) is 9.19. The lowest BCUT2D eigenvalue weighted by molar-refractivity contribution is 0.0589. The molecular weight excluding hydrogens is 396 g/mol. The first-order valence-corrected chi connectivity index (χ1v) is 11.4. The van der Waals surface area contributed by atoms with E-state index >= 15 is 0 Å². The van der Waals surface area contributed by atoms with E-state index in [1.54, 1.807) is 29.8 Å². The van der Waals surface area contributed by atoms with Crippen molar-refractivity contribution in [3.8, 4) is 11.1 Å². The average molecular weight is 421 g/mol. The fourth-order valence-corrected chi connectivity index (χ4v) is 5.60. The second kappa shape index (κ2) is 7.80. The lowest BCUT2D eigenvalue weighted by Crippen LogP contribution is -2.49. The Morgan fingerprint density at radius 1 is 1.23 bits per heavy atom. The van der Waals surface area contributed by atoms with Crippen LogP contribution in [-0.2, 0) is 13.0 Å². The molecule has 1 fully saturated rings. The maximum atomic E-state index is 13.1. The number of aromatic nitrogens is 3. The molecule has 5 rings (SSSR count). The van der Waals surface area contributed by atoms with Crippen LogP contribution >= 0.6 is 11.3 Å². The molecule has 1 saturated heterocycles. The second-order valence-electron chi connectivity index (χ2n) is 8.24. The van der Waals surface area contributed by atoms with Crippen molar-refractivity contribution < 1.29 is 4.79 Å². The van der Waals surface area contributed by atoms with Crippen LogP contribution in [0.4, 0.5) is 0 Å². The molecule has 2 aliphatic rings. The molecule has 3 aromatic rings. The van der Waals surface area contributed by atoms with Gasteiger partial charge in [0.25, 0.3) is 11.5 Å². The molecule has 0 N–H and O–H groups in total. The molecule has 6 nitrogen and oxygen atoms in total. The van der Waals surface area contributed by atoms with Crippen LogP contribution in [0, 0.1) is 5.92 Å². The van der Waals surface area contributed by atoms with Crippen molar-refractivity contribution in [3.63, 3.8) is 0 Å². The minimum Gasteiger partial charge on any atom is -0.336 e. The van der Waals surface area contributed by atoms with Crippen molar-refractivity contribution in [1.82, 2.24) is 19.4 Å². The Morgan fingerprint density at radius 3 is 2.93 bits per heavy atom. The van der Waals surface area contributed by atoms with Crippen LogP contribution in [0.25, 0.3) is 11.1 Å². The number of amides is 1. The number of aryl methyl sites for hydroxylation is 1. The molecule has 2 aliphatic heterocycles. The number of hydrogen-bond acceptors (Lipinski definition) is 5. The first-order valence-electron chi connectivity index (χ1n) is 10.5. The number of thiazole rings is 1. The van der Waals surface area contributed by atoms with Gasteiger partial charge in [-0.2, -0.15) is 0 Å². The maximum Gasteiger partial charge on any atom is 0.273 e. The van der Waals surface area contributed by atoms with Crippen LogP contribution in [0.1, 0.15) is 46.9 Å². The molecule has 154 valence electrons. The van der Waals surface area contributed by atoms with Gasteiger partial charge in [-0.3, -0.25) is 14.6 Å². The maximum absolute atomic E-state index is 13.1. The van der Waals surface area contributed by atoms with E-state index in [2.05, 4.69) is 23.0 Å². The van der Waals surface area contributed by atoms with Gasteiger partial charge < -0.3 is 9.47 Å². The number of pyridine rings is 2. The Balaban J connectivity index is 1.44. The quantitative estimate of drug-likeness (QED) is 0.647. The zero-order valence-electron chi connectivity index (χ0n) is 17.0. The van der Waals surface area contributed by atoms with Crippen LogP contribution < -0.4 is 5.56 Å². The molecule has 2 bridgehead atoms. The summed E-state index contributed by atoms with van der Waals surface area (Å²) < 4.78 is 1.91. The summed E-state index contributed by atoms with van der Waals surface area (Å²) >= 11 is 1.57. The molecule has 0 unspecified atom stereocenters. The summed E-state index contributed by atoms with van der Waals surface area (Å²) in [5.41, 5.74) is 3.45. The molecule has 0 radical (unpaired) electrons. The van der Waals surface area contributed by atoms with E-state index in [1.807, 2.05) is 27.0 Å². The summed E-state index contributed by atoms with van der Waals surface area (Å²) in [6.45, 7) is 4.10. The van der Waals surface area contributed by atoms with Gasteiger partial charge >= 0.3 is 0 Å². The van der Waals surface area contributed by atoms with E-state index in [-0.39, 0.29) is 17.4 Å². The summed E-state index contributed by atoms with van der Waals surface area (Å²) in [5, 5.41) is 2.91. The zero-order valence-corrected chi connectivity index (χ0v) is 17.8. The van der Waals surface area contributed by atoms with E-state index in [0.29, 0.717) is 31.2 Å². The minimum atomic E-state index is 0.0162. The zero-order chi connectivity index (χ0) is 20.7. The number of nitrogens with zero attached hydrogens (tertiary/aromatic N) is 4. The van der Waals surface area contributed by atoms with Gasteiger partial charge in [-0.05, 0) is 42.9 Å². The highest BCUT2D eigenvalue weighted by Crippen LogP contribution is 2.37. The first kappa shape index (κ1) is 19.2. The van der Waals surface area contributed by atoms with E-state index in [9.17, 15) is 9.59 Å². The van der Waals surface area contributed by atoms with E-state index in [0.717, 1.165) is 41.1 Å². The van der Waals surface area contributed by atoms with Crippen LogP contribution in [-0.4, -0.2) is 38.4 Å². The molecule has 30 heavy (non-hydrogen) atoms. The molecule has 3 aromatic heterocycles. The summed E-state index contributed by atoms with van der Waals surface area (Å²) in [6, 6.07) is 7.66. The van der Waals surface area contributed by atoms with Crippen LogP contribution in [0.15, 0.2) is 46.8 Å². The van der Waals surface area contributed by atoms with Gasteiger partial charge in [0.15, 0.2) is 0 Å². The highest BCUT2D eigenvalue weighted by Gasteiger charge is 2.37. The van der Waals surface area contributed by atoms with Gasteiger partial charge in [0.1, 0.15) is 5.69 Å². The third-order valence-corrected chi connectivity index (χ3v) is 6.98. The number of likely N-dealkylation sites (tertiary alicyclic amines) is 1.